The fourth-order valence-corrected chi connectivity index (χ4v) is 6.37. The number of urea groups is 1. The molecule has 3 aromatic carbocycles. The van der Waals surface area contributed by atoms with Gasteiger partial charge in [-0.15, -0.1) is 0 Å². The van der Waals surface area contributed by atoms with Crippen LogP contribution in [0.3, 0.4) is 0 Å². The first-order valence-corrected chi connectivity index (χ1v) is 17.1. The Morgan fingerprint density at radius 2 is 1.89 bits per heavy atom. The molecule has 0 bridgehead atoms. The fourth-order valence-electron chi connectivity index (χ4n) is 5.71. The average molecular weight is 701 g/mol. The van der Waals surface area contributed by atoms with Gasteiger partial charge >= 0.3 is 12.1 Å². The summed E-state index contributed by atoms with van der Waals surface area (Å²) in [5, 5.41) is 10.2. The van der Waals surface area contributed by atoms with Gasteiger partial charge in [-0.1, -0.05) is 41.4 Å². The van der Waals surface area contributed by atoms with Crippen LogP contribution in [-0.4, -0.2) is 60.5 Å². The highest BCUT2D eigenvalue weighted by Crippen LogP contribution is 2.57. The lowest BCUT2D eigenvalue weighted by molar-refractivity contribution is 0.130. The van der Waals surface area contributed by atoms with Gasteiger partial charge in [0.15, 0.2) is 0 Å². The van der Waals surface area contributed by atoms with Crippen molar-refractivity contribution in [3.63, 3.8) is 0 Å². The largest absolute Gasteiger partial charge is 0.490 e. The maximum atomic E-state index is 13.2. The second kappa shape index (κ2) is 13.4. The number of aromatic nitrogens is 2. The van der Waals surface area contributed by atoms with Crippen molar-refractivity contribution < 1.29 is 32.0 Å². The van der Waals surface area contributed by atoms with Gasteiger partial charge in [0.25, 0.3) is 10.1 Å². The van der Waals surface area contributed by atoms with Crippen LogP contribution in [0.15, 0.2) is 67.0 Å². The maximum absolute atomic E-state index is 13.2. The van der Waals surface area contributed by atoms with E-state index in [0.29, 0.717) is 45.4 Å². The van der Waals surface area contributed by atoms with Gasteiger partial charge in [0.1, 0.15) is 24.8 Å². The lowest BCUT2D eigenvalue weighted by Crippen LogP contribution is -2.37. The molecule has 2 heterocycles. The molecule has 4 aromatic rings. The summed E-state index contributed by atoms with van der Waals surface area (Å²) in [5.74, 6) is 0.418. The maximum Gasteiger partial charge on any atom is 0.414 e. The van der Waals surface area contributed by atoms with Gasteiger partial charge in [0.05, 0.1) is 18.4 Å². The molecule has 6 rings (SSSR count). The molecule has 15 heteroatoms. The Morgan fingerprint density at radius 3 is 2.70 bits per heavy atom. The highest BCUT2D eigenvalue weighted by atomic mass is 35.5. The minimum Gasteiger partial charge on any atom is -0.490 e. The average Bonchev–Trinajstić information content (AvgIpc) is 3.68. The Hall–Kier alpha value is -4.30. The van der Waals surface area contributed by atoms with Gasteiger partial charge in [0.2, 0.25) is 0 Å². The Labute approximate surface area is 281 Å². The van der Waals surface area contributed by atoms with Crippen molar-refractivity contribution in [2.45, 2.75) is 25.8 Å². The molecule has 0 radical (unpaired) electrons. The van der Waals surface area contributed by atoms with E-state index in [4.69, 9.17) is 37.2 Å². The second-order valence-electron chi connectivity index (χ2n) is 11.4. The third kappa shape index (κ3) is 7.65. The molecule has 2 aliphatic rings. The van der Waals surface area contributed by atoms with E-state index in [0.717, 1.165) is 34.4 Å². The van der Waals surface area contributed by atoms with E-state index in [1.54, 1.807) is 40.0 Å². The van der Waals surface area contributed by atoms with Crippen molar-refractivity contribution in [2.75, 3.05) is 35.9 Å². The minimum atomic E-state index is -4.36. The van der Waals surface area contributed by atoms with Crippen molar-refractivity contribution in [2.24, 2.45) is 5.92 Å². The summed E-state index contributed by atoms with van der Waals surface area (Å²) in [6, 6.07) is 15.3. The van der Waals surface area contributed by atoms with Crippen molar-refractivity contribution in [3.8, 4) is 16.9 Å². The van der Waals surface area contributed by atoms with Crippen molar-refractivity contribution in [1.29, 1.82) is 0 Å². The van der Waals surface area contributed by atoms with Crippen molar-refractivity contribution >= 4 is 56.8 Å². The van der Waals surface area contributed by atoms with Crippen molar-refractivity contribution in [1.82, 2.24) is 15.1 Å². The molecular weight excluding hydrogens is 669 g/mol. The fraction of sp³-hybridized carbons (Fsp3) is 0.281. The Morgan fingerprint density at radius 1 is 1.09 bits per heavy atom. The van der Waals surface area contributed by atoms with Gasteiger partial charge in [-0.3, -0.25) is 14.1 Å². The van der Waals surface area contributed by atoms with Crippen LogP contribution >= 0.6 is 23.2 Å². The molecule has 0 spiro atoms. The van der Waals surface area contributed by atoms with Gasteiger partial charge < -0.3 is 20.1 Å². The number of benzene rings is 3. The molecule has 1 saturated carbocycles. The third-order valence-corrected chi connectivity index (χ3v) is 9.37. The van der Waals surface area contributed by atoms with Crippen LogP contribution in [0, 0.1) is 12.8 Å². The van der Waals surface area contributed by atoms with E-state index in [1.165, 1.54) is 0 Å². The number of nitrogens with zero attached hydrogens (tertiary/aromatic N) is 3. The van der Waals surface area contributed by atoms with E-state index in [1.807, 2.05) is 43.5 Å². The van der Waals surface area contributed by atoms with E-state index < -0.39 is 28.1 Å². The number of anilines is 2. The first-order chi connectivity index (χ1) is 22.5. The number of carbonyl (C=O) groups is 2. The summed E-state index contributed by atoms with van der Waals surface area (Å²) in [5.41, 5.74) is 5.63. The molecule has 47 heavy (non-hydrogen) atoms. The van der Waals surface area contributed by atoms with Gasteiger partial charge in [-0.25, -0.2) is 9.59 Å². The van der Waals surface area contributed by atoms with Gasteiger partial charge in [-0.05, 0) is 78.3 Å². The van der Waals surface area contributed by atoms with Crippen LogP contribution in [0.5, 0.6) is 5.75 Å². The summed E-state index contributed by atoms with van der Waals surface area (Å²) in [7, 11) is -4.36. The molecule has 3 amide bonds. The lowest BCUT2D eigenvalue weighted by atomic mass is 9.93. The van der Waals surface area contributed by atoms with E-state index in [9.17, 15) is 18.0 Å². The normalized spacial score (nSPS) is 16.6. The standard InChI is InChI=1S/C32H31Cl2N5O7S/c1-19-26(33)5-3-7-29(19)45-10-11-46-32(41)39-17-20-13-25(20)30-24(4-2-6-28(30)39)22-14-36-38(16-22)15-21-12-23(8-9-27(21)34)37-31(40)35-18-47(42,43)44/h2-9,12,14,16,20,25H,10-11,13,15,17-18H2,1H3,(H2,35,37,40)(H,42,43,44)/t20-,25-/m0/s1. The molecule has 1 fully saturated rings. The quantitative estimate of drug-likeness (QED) is 0.128. The Bertz CT molecular complexity index is 1950. The van der Waals surface area contributed by atoms with E-state index >= 15 is 0 Å². The number of fused-ring (bicyclic) bond motifs is 3. The number of halogens is 2. The zero-order valence-corrected chi connectivity index (χ0v) is 27.5. The van der Waals surface area contributed by atoms with Crippen LogP contribution in [-0.2, 0) is 21.4 Å². The highest BCUT2D eigenvalue weighted by molar-refractivity contribution is 7.85. The molecule has 3 N–H and O–H groups in total. The SMILES string of the molecule is Cc1c(Cl)cccc1OCCOC(=O)N1C[C@@H]2C[C@@H]2c2c(-c3cnn(Cc4cc(NC(=O)NCS(=O)(=O)O)ccc4Cl)c3)cccc21. The van der Waals surface area contributed by atoms with Crippen molar-refractivity contribution in [3.05, 3.63) is 93.7 Å². The number of nitrogens with one attached hydrogen (secondary N) is 2. The summed E-state index contributed by atoms with van der Waals surface area (Å²) >= 11 is 12.6. The predicted molar refractivity (Wildman–Crippen MR) is 178 cm³/mol. The Balaban J connectivity index is 1.13. The first kappa shape index (κ1) is 32.6. The lowest BCUT2D eigenvalue weighted by Gasteiger charge is -2.29. The molecule has 2 atom stereocenters. The summed E-state index contributed by atoms with van der Waals surface area (Å²) in [4.78, 5) is 27.0. The molecule has 0 unspecified atom stereocenters. The number of carbonyl (C=O) groups excluding carboxylic acids is 2. The molecule has 1 aromatic heterocycles. The van der Waals surface area contributed by atoms with Gasteiger partial charge in [0, 0.05) is 39.6 Å². The highest BCUT2D eigenvalue weighted by Gasteiger charge is 2.48. The van der Waals surface area contributed by atoms with Crippen LogP contribution in [0.2, 0.25) is 10.0 Å². The van der Waals surface area contributed by atoms with Crippen LogP contribution < -0.4 is 20.3 Å². The summed E-state index contributed by atoms with van der Waals surface area (Å²) in [6.07, 6.45) is 4.21. The number of hydrogen-bond donors (Lipinski definition) is 3. The summed E-state index contributed by atoms with van der Waals surface area (Å²) < 4.78 is 43.8. The second-order valence-corrected chi connectivity index (χ2v) is 13.6. The molecule has 246 valence electrons. The summed E-state index contributed by atoms with van der Waals surface area (Å²) in [6.45, 7) is 3.03. The first-order valence-electron chi connectivity index (χ1n) is 14.7. The molecule has 0 saturated heterocycles. The number of ether oxygens (including phenoxy) is 2. The molecule has 1 aliphatic carbocycles. The van der Waals surface area contributed by atoms with E-state index in [-0.39, 0.29) is 19.8 Å². The molecule has 1 aliphatic heterocycles. The smallest absolute Gasteiger partial charge is 0.414 e. The molecule has 12 nitrogen and oxygen atoms in total. The van der Waals surface area contributed by atoms with Crippen LogP contribution in [0.25, 0.3) is 11.1 Å². The van der Waals surface area contributed by atoms with Crippen LogP contribution in [0.4, 0.5) is 21.0 Å². The number of hydrogen-bond acceptors (Lipinski definition) is 7. The number of amides is 3. The third-order valence-electron chi connectivity index (χ3n) is 8.08. The van der Waals surface area contributed by atoms with Crippen LogP contribution in [0.1, 0.15) is 29.0 Å². The van der Waals surface area contributed by atoms with Gasteiger partial charge in [-0.2, -0.15) is 13.5 Å². The topological polar surface area (TPSA) is 152 Å². The van der Waals surface area contributed by atoms with E-state index in [2.05, 4.69) is 15.7 Å². The monoisotopic (exact) mass is 699 g/mol. The predicted octanol–water partition coefficient (Wildman–Crippen LogP) is 6.32. The zero-order chi connectivity index (χ0) is 33.3. The molecular formula is C32H31Cl2N5O7S. The minimum absolute atomic E-state index is 0.0890. The zero-order valence-electron chi connectivity index (χ0n) is 25.2. The Kier molecular flexibility index (Phi) is 9.33. The number of rotatable bonds is 10.